The molecule has 0 amide bonds. The average molecular weight is 207 g/mol. The zero-order valence-corrected chi connectivity index (χ0v) is 9.58. The van der Waals surface area contributed by atoms with Gasteiger partial charge in [0.2, 0.25) is 0 Å². The summed E-state index contributed by atoms with van der Waals surface area (Å²) in [5, 5.41) is 9.05. The van der Waals surface area contributed by atoms with Crippen molar-refractivity contribution in [1.29, 1.82) is 0 Å². The van der Waals surface area contributed by atoms with Crippen LogP contribution >= 0.6 is 0 Å². The van der Waals surface area contributed by atoms with E-state index in [0.29, 0.717) is 12.5 Å². The molecule has 1 N–H and O–H groups in total. The molecule has 0 unspecified atom stereocenters. The first-order valence-corrected chi connectivity index (χ1v) is 5.52. The van der Waals surface area contributed by atoms with Gasteiger partial charge in [-0.2, -0.15) is 0 Å². The van der Waals surface area contributed by atoms with E-state index in [1.165, 1.54) is 0 Å². The second-order valence-corrected chi connectivity index (χ2v) is 4.23. The first-order chi connectivity index (χ1) is 7.17. The number of piperidine rings is 1. The topological polar surface area (TPSA) is 23.5 Å². The maximum Gasteiger partial charge on any atom is 0.0460 e. The lowest BCUT2D eigenvalue weighted by atomic mass is 9.97. The Hall–Kier alpha value is -1.02. The summed E-state index contributed by atoms with van der Waals surface area (Å²) in [6.07, 6.45) is 6.08. The van der Waals surface area contributed by atoms with Crippen LogP contribution in [0.5, 0.6) is 0 Å². The van der Waals surface area contributed by atoms with Crippen LogP contribution in [-0.4, -0.2) is 29.7 Å². The molecule has 0 atom stereocenters. The molecule has 0 saturated carbocycles. The van der Waals surface area contributed by atoms with Crippen LogP contribution in [0.4, 0.5) is 0 Å². The summed E-state index contributed by atoms with van der Waals surface area (Å²) in [5.41, 5.74) is 2.20. The summed E-state index contributed by atoms with van der Waals surface area (Å²) < 4.78 is 0. The fourth-order valence-corrected chi connectivity index (χ4v) is 1.91. The highest BCUT2D eigenvalue weighted by Crippen LogP contribution is 2.20. The molecule has 84 valence electrons. The van der Waals surface area contributed by atoms with Gasteiger partial charge < -0.3 is 10.0 Å². The highest BCUT2D eigenvalue weighted by Gasteiger charge is 2.18. The zero-order chi connectivity index (χ0) is 11.3. The van der Waals surface area contributed by atoms with Crippen molar-refractivity contribution in [3.63, 3.8) is 0 Å². The van der Waals surface area contributed by atoms with Gasteiger partial charge in [-0.25, -0.2) is 0 Å². The number of rotatable bonds is 4. The van der Waals surface area contributed by atoms with Crippen molar-refractivity contribution in [2.45, 2.75) is 19.8 Å². The van der Waals surface area contributed by atoms with Gasteiger partial charge in [0.25, 0.3) is 0 Å². The Kier molecular flexibility index (Phi) is 4.63. The van der Waals surface area contributed by atoms with E-state index in [1.807, 2.05) is 13.0 Å². The van der Waals surface area contributed by atoms with Gasteiger partial charge >= 0.3 is 0 Å². The number of aliphatic hydroxyl groups is 1. The largest absolute Gasteiger partial charge is 0.396 e. The summed E-state index contributed by atoms with van der Waals surface area (Å²) in [4.78, 5) is 2.31. The minimum Gasteiger partial charge on any atom is -0.396 e. The van der Waals surface area contributed by atoms with Crippen LogP contribution in [0.1, 0.15) is 19.8 Å². The minimum absolute atomic E-state index is 0.321. The van der Waals surface area contributed by atoms with Crippen LogP contribution in [0.25, 0.3) is 0 Å². The Labute approximate surface area is 92.6 Å². The van der Waals surface area contributed by atoms with Crippen molar-refractivity contribution in [3.8, 4) is 0 Å². The highest BCUT2D eigenvalue weighted by atomic mass is 16.3. The van der Waals surface area contributed by atoms with Crippen molar-refractivity contribution in [2.24, 2.45) is 5.92 Å². The standard InChI is InChI=1S/C13H21NO/c1-4-13(9-11(2)3)14-7-5-12(10-15)6-8-14/h4,9,12,15H,1-2,5-8,10H2,3H3/b13-9+. The summed E-state index contributed by atoms with van der Waals surface area (Å²) in [7, 11) is 0. The third-order valence-corrected chi connectivity index (χ3v) is 2.84. The molecule has 0 spiro atoms. The van der Waals surface area contributed by atoms with E-state index in [1.54, 1.807) is 0 Å². The van der Waals surface area contributed by atoms with Gasteiger partial charge in [-0.15, -0.1) is 0 Å². The van der Waals surface area contributed by atoms with E-state index in [2.05, 4.69) is 24.1 Å². The summed E-state index contributed by atoms with van der Waals surface area (Å²) in [6, 6.07) is 0. The van der Waals surface area contributed by atoms with E-state index < -0.39 is 0 Å². The number of hydrogen-bond acceptors (Lipinski definition) is 2. The van der Waals surface area contributed by atoms with Crippen molar-refractivity contribution >= 4 is 0 Å². The maximum atomic E-state index is 9.05. The Morgan fingerprint density at radius 2 is 2.07 bits per heavy atom. The molecule has 1 saturated heterocycles. The van der Waals surface area contributed by atoms with Crippen LogP contribution in [0, 0.1) is 5.92 Å². The molecule has 0 aromatic rings. The number of likely N-dealkylation sites (tertiary alicyclic amines) is 1. The normalized spacial score (nSPS) is 19.1. The molecular formula is C13H21NO. The van der Waals surface area contributed by atoms with Gasteiger partial charge in [0.15, 0.2) is 0 Å². The average Bonchev–Trinajstić information content (AvgIpc) is 2.26. The third kappa shape index (κ3) is 3.56. The molecule has 1 fully saturated rings. The molecule has 0 aromatic carbocycles. The molecule has 1 aliphatic heterocycles. The maximum absolute atomic E-state index is 9.05. The lowest BCUT2D eigenvalue weighted by molar-refractivity contribution is 0.153. The fraction of sp³-hybridized carbons (Fsp3) is 0.538. The van der Waals surface area contributed by atoms with Crippen LogP contribution in [-0.2, 0) is 0 Å². The second kappa shape index (κ2) is 5.76. The lowest BCUT2D eigenvalue weighted by Crippen LogP contribution is -2.33. The first kappa shape index (κ1) is 12.1. The van der Waals surface area contributed by atoms with E-state index in [9.17, 15) is 0 Å². The highest BCUT2D eigenvalue weighted by molar-refractivity contribution is 5.25. The molecule has 15 heavy (non-hydrogen) atoms. The summed E-state index contributed by atoms with van der Waals surface area (Å²) in [6.45, 7) is 12.0. The first-order valence-electron chi connectivity index (χ1n) is 5.52. The Morgan fingerprint density at radius 3 is 2.47 bits per heavy atom. The van der Waals surface area contributed by atoms with E-state index in [4.69, 9.17) is 5.11 Å². The Morgan fingerprint density at radius 1 is 1.47 bits per heavy atom. The van der Waals surface area contributed by atoms with Crippen LogP contribution in [0.2, 0.25) is 0 Å². The molecule has 1 heterocycles. The number of allylic oxidation sites excluding steroid dienone is 3. The number of hydrogen-bond donors (Lipinski definition) is 1. The van der Waals surface area contributed by atoms with Crippen LogP contribution in [0.3, 0.4) is 0 Å². The van der Waals surface area contributed by atoms with Gasteiger partial charge in [-0.1, -0.05) is 18.7 Å². The molecule has 1 rings (SSSR count). The van der Waals surface area contributed by atoms with Gasteiger partial charge in [-0.3, -0.25) is 0 Å². The third-order valence-electron chi connectivity index (χ3n) is 2.84. The molecule has 0 aliphatic carbocycles. The lowest BCUT2D eigenvalue weighted by Gasteiger charge is -2.33. The van der Waals surface area contributed by atoms with E-state index in [0.717, 1.165) is 37.2 Å². The molecule has 1 aliphatic rings. The molecule has 2 nitrogen and oxygen atoms in total. The fourth-order valence-electron chi connectivity index (χ4n) is 1.91. The number of aliphatic hydroxyl groups excluding tert-OH is 1. The van der Waals surface area contributed by atoms with E-state index >= 15 is 0 Å². The number of nitrogens with zero attached hydrogens (tertiary/aromatic N) is 1. The van der Waals surface area contributed by atoms with Crippen LogP contribution in [0.15, 0.2) is 36.6 Å². The summed E-state index contributed by atoms with van der Waals surface area (Å²) >= 11 is 0. The van der Waals surface area contributed by atoms with Crippen molar-refractivity contribution in [1.82, 2.24) is 4.90 Å². The van der Waals surface area contributed by atoms with Crippen molar-refractivity contribution in [3.05, 3.63) is 36.6 Å². The summed E-state index contributed by atoms with van der Waals surface area (Å²) in [5.74, 6) is 0.483. The molecule has 0 aromatic heterocycles. The smallest absolute Gasteiger partial charge is 0.0460 e. The second-order valence-electron chi connectivity index (χ2n) is 4.23. The Balaban J connectivity index is 2.57. The molecular weight excluding hydrogens is 186 g/mol. The quantitative estimate of drug-likeness (QED) is 0.715. The minimum atomic E-state index is 0.321. The SMILES string of the molecule is C=C/C(=C\C(=C)C)N1CCC(CO)CC1. The molecule has 0 radical (unpaired) electrons. The Bertz CT molecular complexity index is 260. The monoisotopic (exact) mass is 207 g/mol. The molecule has 2 heteroatoms. The van der Waals surface area contributed by atoms with E-state index in [-0.39, 0.29) is 0 Å². The van der Waals surface area contributed by atoms with Crippen molar-refractivity contribution in [2.75, 3.05) is 19.7 Å². The predicted molar refractivity (Wildman–Crippen MR) is 64.5 cm³/mol. The predicted octanol–water partition coefficient (Wildman–Crippen LogP) is 2.34. The van der Waals surface area contributed by atoms with Gasteiger partial charge in [0.05, 0.1) is 0 Å². The van der Waals surface area contributed by atoms with Crippen LogP contribution < -0.4 is 0 Å². The molecule has 0 bridgehead atoms. The van der Waals surface area contributed by atoms with Gasteiger partial charge in [-0.05, 0) is 37.8 Å². The zero-order valence-electron chi connectivity index (χ0n) is 9.58. The van der Waals surface area contributed by atoms with Gasteiger partial charge in [0.1, 0.15) is 0 Å². The van der Waals surface area contributed by atoms with Crippen molar-refractivity contribution < 1.29 is 5.11 Å². The van der Waals surface area contributed by atoms with Gasteiger partial charge in [0, 0.05) is 25.4 Å².